The number of para-hydroxylation sites is 1. The van der Waals surface area contributed by atoms with Crippen molar-refractivity contribution in [1.29, 1.82) is 0 Å². The molecule has 2 aliphatic rings. The van der Waals surface area contributed by atoms with Crippen molar-refractivity contribution >= 4 is 29.3 Å². The second kappa shape index (κ2) is 6.23. The smallest absolute Gasteiger partial charge is 0.147 e. The number of thioether (sulfide) groups is 2. The van der Waals surface area contributed by atoms with Gasteiger partial charge in [0.2, 0.25) is 0 Å². The van der Waals surface area contributed by atoms with Crippen LogP contribution < -0.4 is 4.74 Å². The highest BCUT2D eigenvalue weighted by Gasteiger charge is 2.28. The van der Waals surface area contributed by atoms with Gasteiger partial charge in [-0.2, -0.15) is 11.8 Å². The number of ketones is 1. The van der Waals surface area contributed by atoms with E-state index in [9.17, 15) is 4.79 Å². The van der Waals surface area contributed by atoms with Crippen LogP contribution in [-0.2, 0) is 4.79 Å². The number of rotatable bonds is 3. The molecule has 3 rings (SSSR count). The van der Waals surface area contributed by atoms with Crippen molar-refractivity contribution in [3.05, 3.63) is 29.8 Å². The van der Waals surface area contributed by atoms with E-state index in [0.29, 0.717) is 18.1 Å². The fourth-order valence-corrected chi connectivity index (χ4v) is 5.34. The molecule has 19 heavy (non-hydrogen) atoms. The molecular formula is C15H18O2S2. The van der Waals surface area contributed by atoms with E-state index in [0.717, 1.165) is 30.3 Å². The third-order valence-electron chi connectivity index (χ3n) is 3.71. The highest BCUT2D eigenvalue weighted by Crippen LogP contribution is 2.37. The molecule has 2 heterocycles. The average Bonchev–Trinajstić information content (AvgIpc) is 2.48. The molecule has 0 bridgehead atoms. The number of carbonyl (C=O) groups excluding carboxylic acids is 1. The molecule has 0 radical (unpaired) electrons. The molecule has 0 saturated carbocycles. The van der Waals surface area contributed by atoms with Crippen LogP contribution in [0.5, 0.6) is 5.75 Å². The third-order valence-corrected chi connectivity index (χ3v) is 6.51. The first-order valence-electron chi connectivity index (χ1n) is 6.78. The summed E-state index contributed by atoms with van der Waals surface area (Å²) in [6.45, 7) is 0.738. The molecule has 2 nitrogen and oxygen atoms in total. The lowest BCUT2D eigenvalue weighted by Crippen LogP contribution is -2.27. The molecule has 1 fully saturated rings. The van der Waals surface area contributed by atoms with Gasteiger partial charge < -0.3 is 4.74 Å². The quantitative estimate of drug-likeness (QED) is 0.854. The predicted molar refractivity (Wildman–Crippen MR) is 82.5 cm³/mol. The number of hydrogen-bond acceptors (Lipinski definition) is 4. The van der Waals surface area contributed by atoms with Crippen molar-refractivity contribution in [2.24, 2.45) is 0 Å². The van der Waals surface area contributed by atoms with Crippen LogP contribution in [0, 0.1) is 0 Å². The van der Waals surface area contributed by atoms with Crippen molar-refractivity contribution in [3.63, 3.8) is 0 Å². The van der Waals surface area contributed by atoms with Gasteiger partial charge in [0.15, 0.2) is 0 Å². The van der Waals surface area contributed by atoms with Crippen molar-refractivity contribution in [2.45, 2.75) is 24.0 Å². The second-order valence-electron chi connectivity index (χ2n) is 4.98. The van der Waals surface area contributed by atoms with E-state index in [1.807, 2.05) is 41.7 Å². The van der Waals surface area contributed by atoms with E-state index in [4.69, 9.17) is 4.74 Å². The summed E-state index contributed by atoms with van der Waals surface area (Å²) >= 11 is 3.75. The second-order valence-corrected chi connectivity index (χ2v) is 7.44. The first-order chi connectivity index (χ1) is 9.34. The molecule has 2 atom stereocenters. The predicted octanol–water partition coefficient (Wildman–Crippen LogP) is 3.36. The Morgan fingerprint density at radius 2 is 2.21 bits per heavy atom. The van der Waals surface area contributed by atoms with E-state index in [1.165, 1.54) is 11.3 Å². The van der Waals surface area contributed by atoms with Gasteiger partial charge in [0.1, 0.15) is 11.5 Å². The zero-order valence-corrected chi connectivity index (χ0v) is 12.5. The molecule has 0 aromatic heterocycles. The van der Waals surface area contributed by atoms with Gasteiger partial charge in [0.05, 0.1) is 11.9 Å². The third kappa shape index (κ3) is 3.11. The summed E-state index contributed by atoms with van der Waals surface area (Å²) in [6.07, 6.45) is 1.64. The summed E-state index contributed by atoms with van der Waals surface area (Å²) < 4.78 is 5.66. The van der Waals surface area contributed by atoms with Crippen LogP contribution in [0.25, 0.3) is 0 Å². The average molecular weight is 294 g/mol. The van der Waals surface area contributed by atoms with Gasteiger partial charge in [-0.1, -0.05) is 18.2 Å². The Balaban J connectivity index is 1.68. The Morgan fingerprint density at radius 1 is 1.32 bits per heavy atom. The van der Waals surface area contributed by atoms with Crippen molar-refractivity contribution in [2.75, 3.05) is 23.9 Å². The minimum absolute atomic E-state index is 0.216. The maximum atomic E-state index is 12.4. The molecule has 0 N–H and O–H groups in total. The number of carbonyl (C=O) groups is 1. The van der Waals surface area contributed by atoms with E-state index in [2.05, 4.69) is 6.07 Å². The molecule has 4 heteroatoms. The van der Waals surface area contributed by atoms with Crippen LogP contribution in [0.4, 0.5) is 0 Å². The van der Waals surface area contributed by atoms with E-state index in [1.54, 1.807) is 0 Å². The van der Waals surface area contributed by atoms with Gasteiger partial charge in [-0.05, 0) is 24.0 Å². The standard InChI is InChI=1S/C15H18O2S2/c16-13(15-10-18-7-8-19-15)9-11-5-6-17-14-4-2-1-3-12(11)14/h1-4,11,15H,5-10H2. The van der Waals surface area contributed by atoms with Crippen LogP contribution >= 0.6 is 23.5 Å². The van der Waals surface area contributed by atoms with Gasteiger partial charge in [-0.25, -0.2) is 0 Å². The van der Waals surface area contributed by atoms with Crippen molar-refractivity contribution in [3.8, 4) is 5.75 Å². The van der Waals surface area contributed by atoms with Crippen LogP contribution in [0.2, 0.25) is 0 Å². The number of ether oxygens (including phenoxy) is 1. The minimum atomic E-state index is 0.216. The lowest BCUT2D eigenvalue weighted by Gasteiger charge is -2.27. The first-order valence-corrected chi connectivity index (χ1v) is 8.99. The number of Topliss-reactive ketones (excluding diaryl/α,β-unsaturated/α-hetero) is 1. The molecule has 1 aromatic carbocycles. The topological polar surface area (TPSA) is 26.3 Å². The molecule has 1 saturated heterocycles. The maximum Gasteiger partial charge on any atom is 0.147 e. The number of hydrogen-bond donors (Lipinski definition) is 0. The van der Waals surface area contributed by atoms with Crippen LogP contribution in [0.15, 0.2) is 24.3 Å². The Hall–Kier alpha value is -0.610. The summed E-state index contributed by atoms with van der Waals surface area (Å²) in [5.74, 6) is 5.05. The molecular weight excluding hydrogens is 276 g/mol. The lowest BCUT2D eigenvalue weighted by molar-refractivity contribution is -0.118. The summed E-state index contributed by atoms with van der Waals surface area (Å²) in [5, 5.41) is 0.216. The lowest BCUT2D eigenvalue weighted by atomic mass is 9.88. The van der Waals surface area contributed by atoms with Gasteiger partial charge in [0, 0.05) is 23.7 Å². The SMILES string of the molecule is O=C(CC1CCOc2ccccc21)C1CSCCS1. The van der Waals surface area contributed by atoms with Gasteiger partial charge in [-0.15, -0.1) is 11.8 Å². The molecule has 0 amide bonds. The Labute approximate surface area is 122 Å². The fourth-order valence-electron chi connectivity index (χ4n) is 2.68. The van der Waals surface area contributed by atoms with Gasteiger partial charge in [0.25, 0.3) is 0 Å². The molecule has 2 unspecified atom stereocenters. The van der Waals surface area contributed by atoms with Crippen LogP contribution in [0.1, 0.15) is 24.3 Å². The molecule has 102 valence electrons. The Kier molecular flexibility index (Phi) is 4.38. The van der Waals surface area contributed by atoms with E-state index < -0.39 is 0 Å². The number of benzene rings is 1. The van der Waals surface area contributed by atoms with Crippen LogP contribution in [0.3, 0.4) is 0 Å². The highest BCUT2D eigenvalue weighted by atomic mass is 32.2. The summed E-state index contributed by atoms with van der Waals surface area (Å²) in [7, 11) is 0. The zero-order valence-electron chi connectivity index (χ0n) is 10.8. The maximum absolute atomic E-state index is 12.4. The van der Waals surface area contributed by atoms with E-state index >= 15 is 0 Å². The largest absolute Gasteiger partial charge is 0.493 e. The van der Waals surface area contributed by atoms with E-state index in [-0.39, 0.29) is 5.25 Å². The van der Waals surface area contributed by atoms with Gasteiger partial charge in [-0.3, -0.25) is 4.79 Å². The van der Waals surface area contributed by atoms with Crippen LogP contribution in [-0.4, -0.2) is 34.9 Å². The first kappa shape index (κ1) is 13.4. The Morgan fingerprint density at radius 3 is 3.05 bits per heavy atom. The molecule has 1 aromatic rings. The van der Waals surface area contributed by atoms with Crippen molar-refractivity contribution < 1.29 is 9.53 Å². The Bertz CT molecular complexity index is 455. The number of fused-ring (bicyclic) bond motifs is 1. The summed E-state index contributed by atoms with van der Waals surface area (Å²) in [5.41, 5.74) is 1.22. The normalized spacial score (nSPS) is 26.3. The fraction of sp³-hybridized carbons (Fsp3) is 0.533. The highest BCUT2D eigenvalue weighted by molar-refractivity contribution is 8.07. The van der Waals surface area contributed by atoms with Crippen molar-refractivity contribution in [1.82, 2.24) is 0 Å². The zero-order chi connectivity index (χ0) is 13.1. The summed E-state index contributed by atoms with van der Waals surface area (Å²) in [4.78, 5) is 12.4. The molecule has 2 aliphatic heterocycles. The molecule has 0 aliphatic carbocycles. The monoisotopic (exact) mass is 294 g/mol. The minimum Gasteiger partial charge on any atom is -0.493 e. The summed E-state index contributed by atoms with van der Waals surface area (Å²) in [6, 6.07) is 8.15. The van der Waals surface area contributed by atoms with Gasteiger partial charge >= 0.3 is 0 Å². The molecule has 0 spiro atoms.